The van der Waals surface area contributed by atoms with Gasteiger partial charge in [-0.2, -0.15) is 0 Å². The van der Waals surface area contributed by atoms with E-state index in [0.717, 1.165) is 18.4 Å². The molecule has 3 nitrogen and oxygen atoms in total. The Balaban J connectivity index is 2.18. The molecule has 1 aliphatic rings. The summed E-state index contributed by atoms with van der Waals surface area (Å²) in [6, 6.07) is 7.46. The molecule has 1 aromatic carbocycles. The topological polar surface area (TPSA) is 55.5 Å². The number of benzene rings is 1. The molecule has 2 atom stereocenters. The molecule has 1 aliphatic heterocycles. The summed E-state index contributed by atoms with van der Waals surface area (Å²) in [5, 5.41) is 9.63. The summed E-state index contributed by atoms with van der Waals surface area (Å²) in [6.07, 6.45) is 1.65. The second kappa shape index (κ2) is 3.98. The van der Waals surface area contributed by atoms with Gasteiger partial charge in [-0.1, -0.05) is 18.2 Å². The molecule has 0 amide bonds. The highest BCUT2D eigenvalue weighted by Crippen LogP contribution is 2.32. The molecule has 76 valence electrons. The van der Waals surface area contributed by atoms with Gasteiger partial charge in [-0.3, -0.25) is 0 Å². The Hall–Kier alpha value is -1.06. The lowest BCUT2D eigenvalue weighted by Crippen LogP contribution is -2.30. The van der Waals surface area contributed by atoms with Gasteiger partial charge in [0.05, 0.1) is 6.10 Å². The predicted octanol–water partition coefficient (Wildman–Crippen LogP) is 1.57. The van der Waals surface area contributed by atoms with Gasteiger partial charge in [-0.05, 0) is 18.9 Å². The SMILES string of the molecule is N[C@H]1CCO[C@H](c2ccccc2O)C1. The van der Waals surface area contributed by atoms with Crippen molar-refractivity contribution in [2.24, 2.45) is 5.73 Å². The van der Waals surface area contributed by atoms with E-state index in [-0.39, 0.29) is 12.1 Å². The van der Waals surface area contributed by atoms with Gasteiger partial charge in [-0.15, -0.1) is 0 Å². The highest BCUT2D eigenvalue weighted by atomic mass is 16.5. The molecule has 1 fully saturated rings. The molecule has 0 aromatic heterocycles. The molecule has 0 unspecified atom stereocenters. The smallest absolute Gasteiger partial charge is 0.121 e. The van der Waals surface area contributed by atoms with Crippen LogP contribution in [0.3, 0.4) is 0 Å². The fourth-order valence-electron chi connectivity index (χ4n) is 1.80. The minimum Gasteiger partial charge on any atom is -0.508 e. The fraction of sp³-hybridized carbons (Fsp3) is 0.455. The predicted molar refractivity (Wildman–Crippen MR) is 54.0 cm³/mol. The molecular weight excluding hydrogens is 178 g/mol. The maximum Gasteiger partial charge on any atom is 0.121 e. The normalized spacial score (nSPS) is 27.5. The van der Waals surface area contributed by atoms with E-state index < -0.39 is 0 Å². The van der Waals surface area contributed by atoms with Crippen molar-refractivity contribution in [3.63, 3.8) is 0 Å². The lowest BCUT2D eigenvalue weighted by atomic mass is 9.97. The molecule has 0 bridgehead atoms. The second-order valence-corrected chi connectivity index (χ2v) is 3.70. The lowest BCUT2D eigenvalue weighted by Gasteiger charge is -2.27. The second-order valence-electron chi connectivity index (χ2n) is 3.70. The number of rotatable bonds is 1. The number of hydrogen-bond donors (Lipinski definition) is 2. The van der Waals surface area contributed by atoms with Crippen molar-refractivity contribution in [2.75, 3.05) is 6.61 Å². The average Bonchev–Trinajstić information content (AvgIpc) is 2.18. The van der Waals surface area contributed by atoms with Crippen LogP contribution in [-0.4, -0.2) is 17.8 Å². The summed E-state index contributed by atoms with van der Waals surface area (Å²) < 4.78 is 5.58. The molecule has 1 heterocycles. The molecular formula is C11H15NO2. The van der Waals surface area contributed by atoms with Gasteiger partial charge in [0.15, 0.2) is 0 Å². The Morgan fingerprint density at radius 3 is 2.86 bits per heavy atom. The monoisotopic (exact) mass is 193 g/mol. The van der Waals surface area contributed by atoms with Crippen molar-refractivity contribution in [2.45, 2.75) is 25.0 Å². The number of phenolic OH excluding ortho intramolecular Hbond substituents is 1. The lowest BCUT2D eigenvalue weighted by molar-refractivity contribution is 0.00544. The van der Waals surface area contributed by atoms with E-state index in [1.165, 1.54) is 0 Å². The summed E-state index contributed by atoms with van der Waals surface area (Å²) in [6.45, 7) is 0.681. The van der Waals surface area contributed by atoms with E-state index in [0.29, 0.717) is 12.4 Å². The standard InChI is InChI=1S/C11H15NO2/c12-8-5-6-14-11(7-8)9-3-1-2-4-10(9)13/h1-4,8,11,13H,5-7,12H2/t8-,11-/m0/s1. The van der Waals surface area contributed by atoms with Crippen molar-refractivity contribution in [1.29, 1.82) is 0 Å². The molecule has 3 N–H and O–H groups in total. The minimum atomic E-state index is -0.0417. The highest BCUT2D eigenvalue weighted by Gasteiger charge is 2.23. The first-order valence-electron chi connectivity index (χ1n) is 4.92. The number of aromatic hydroxyl groups is 1. The highest BCUT2D eigenvalue weighted by molar-refractivity contribution is 5.34. The van der Waals surface area contributed by atoms with Crippen LogP contribution >= 0.6 is 0 Å². The first-order valence-corrected chi connectivity index (χ1v) is 4.92. The van der Waals surface area contributed by atoms with Crippen LogP contribution in [0.25, 0.3) is 0 Å². The van der Waals surface area contributed by atoms with Crippen LogP contribution in [0.2, 0.25) is 0 Å². The van der Waals surface area contributed by atoms with Crippen molar-refractivity contribution >= 4 is 0 Å². The Morgan fingerprint density at radius 1 is 1.36 bits per heavy atom. The van der Waals surface area contributed by atoms with Crippen LogP contribution < -0.4 is 5.73 Å². The van der Waals surface area contributed by atoms with E-state index >= 15 is 0 Å². The number of para-hydroxylation sites is 1. The Kier molecular flexibility index (Phi) is 2.70. The quantitative estimate of drug-likeness (QED) is 0.711. The summed E-state index contributed by atoms with van der Waals surface area (Å²) in [5.74, 6) is 0.298. The fourth-order valence-corrected chi connectivity index (χ4v) is 1.80. The Morgan fingerprint density at radius 2 is 2.14 bits per heavy atom. The number of phenols is 1. The molecule has 2 rings (SSSR count). The van der Waals surface area contributed by atoms with Crippen molar-refractivity contribution in [3.8, 4) is 5.75 Å². The van der Waals surface area contributed by atoms with Gasteiger partial charge in [0.2, 0.25) is 0 Å². The number of nitrogens with two attached hydrogens (primary N) is 1. The van der Waals surface area contributed by atoms with E-state index in [2.05, 4.69) is 0 Å². The van der Waals surface area contributed by atoms with Crippen LogP contribution in [0.5, 0.6) is 5.75 Å². The number of ether oxygens (including phenoxy) is 1. The van der Waals surface area contributed by atoms with E-state index in [1.807, 2.05) is 18.2 Å². The van der Waals surface area contributed by atoms with Crippen molar-refractivity contribution < 1.29 is 9.84 Å². The molecule has 14 heavy (non-hydrogen) atoms. The van der Waals surface area contributed by atoms with E-state index in [9.17, 15) is 5.11 Å². The third-order valence-electron chi connectivity index (χ3n) is 2.61. The molecule has 0 saturated carbocycles. The average molecular weight is 193 g/mol. The first kappa shape index (κ1) is 9.49. The van der Waals surface area contributed by atoms with Gasteiger partial charge in [0, 0.05) is 18.2 Å². The van der Waals surface area contributed by atoms with E-state index in [1.54, 1.807) is 6.07 Å². The molecule has 1 aromatic rings. The molecule has 3 heteroatoms. The third kappa shape index (κ3) is 1.89. The van der Waals surface area contributed by atoms with Crippen LogP contribution in [0.1, 0.15) is 24.5 Å². The van der Waals surface area contributed by atoms with Crippen LogP contribution in [0.15, 0.2) is 24.3 Å². The van der Waals surface area contributed by atoms with Gasteiger partial charge >= 0.3 is 0 Å². The minimum absolute atomic E-state index is 0.0417. The largest absolute Gasteiger partial charge is 0.508 e. The maximum absolute atomic E-state index is 9.63. The van der Waals surface area contributed by atoms with E-state index in [4.69, 9.17) is 10.5 Å². The first-order chi connectivity index (χ1) is 6.77. The third-order valence-corrected chi connectivity index (χ3v) is 2.61. The van der Waals surface area contributed by atoms with Gasteiger partial charge in [0.1, 0.15) is 5.75 Å². The van der Waals surface area contributed by atoms with Gasteiger partial charge in [-0.25, -0.2) is 0 Å². The van der Waals surface area contributed by atoms with Gasteiger partial charge < -0.3 is 15.6 Å². The number of hydrogen-bond acceptors (Lipinski definition) is 3. The summed E-state index contributed by atoms with van der Waals surface area (Å²) in [7, 11) is 0. The Bertz CT molecular complexity index is 314. The molecule has 0 aliphatic carbocycles. The van der Waals surface area contributed by atoms with Crippen molar-refractivity contribution in [3.05, 3.63) is 29.8 Å². The molecule has 0 spiro atoms. The van der Waals surface area contributed by atoms with Crippen LogP contribution in [0.4, 0.5) is 0 Å². The zero-order chi connectivity index (χ0) is 9.97. The molecule has 1 saturated heterocycles. The maximum atomic E-state index is 9.63. The summed E-state index contributed by atoms with van der Waals surface area (Å²) in [5.41, 5.74) is 6.70. The van der Waals surface area contributed by atoms with Crippen molar-refractivity contribution in [1.82, 2.24) is 0 Å². The van der Waals surface area contributed by atoms with Crippen LogP contribution in [0, 0.1) is 0 Å². The summed E-state index contributed by atoms with van der Waals surface area (Å²) in [4.78, 5) is 0. The summed E-state index contributed by atoms with van der Waals surface area (Å²) >= 11 is 0. The molecule has 0 radical (unpaired) electrons. The zero-order valence-electron chi connectivity index (χ0n) is 8.02. The van der Waals surface area contributed by atoms with Crippen LogP contribution in [-0.2, 0) is 4.74 Å². The van der Waals surface area contributed by atoms with Gasteiger partial charge in [0.25, 0.3) is 0 Å². The zero-order valence-corrected chi connectivity index (χ0v) is 8.02. The Labute approximate surface area is 83.5 Å².